The highest BCUT2D eigenvalue weighted by Crippen LogP contribution is 2.45. The average Bonchev–Trinajstić information content (AvgIpc) is 3.45. The number of anilines is 1. The first-order chi connectivity index (χ1) is 14.0. The molecule has 0 radical (unpaired) electrons. The van der Waals surface area contributed by atoms with Crippen molar-refractivity contribution in [2.45, 2.75) is 32.0 Å². The highest BCUT2D eigenvalue weighted by atomic mass is 19.1. The van der Waals surface area contributed by atoms with E-state index >= 15 is 4.39 Å². The fourth-order valence-electron chi connectivity index (χ4n) is 4.08. The monoisotopic (exact) mass is 395 g/mol. The zero-order valence-electron chi connectivity index (χ0n) is 15.7. The Morgan fingerprint density at radius 1 is 1.34 bits per heavy atom. The van der Waals surface area contributed by atoms with Gasteiger partial charge in [-0.15, -0.1) is 0 Å². The highest BCUT2D eigenvalue weighted by Gasteiger charge is 2.32. The number of nitrogens with zero attached hydrogens (tertiary/aromatic N) is 3. The molecule has 1 aliphatic heterocycles. The maximum Gasteiger partial charge on any atom is 0.341 e. The summed E-state index contributed by atoms with van der Waals surface area (Å²) >= 11 is 0. The number of benzene rings is 1. The summed E-state index contributed by atoms with van der Waals surface area (Å²) in [5.74, 6) is -1.70. The smallest absolute Gasteiger partial charge is 0.341 e. The van der Waals surface area contributed by atoms with Gasteiger partial charge in [-0.1, -0.05) is 6.07 Å². The van der Waals surface area contributed by atoms with E-state index in [0.717, 1.165) is 30.2 Å². The predicted molar refractivity (Wildman–Crippen MR) is 104 cm³/mol. The number of fused-ring (bicyclic) bond motifs is 2. The summed E-state index contributed by atoms with van der Waals surface area (Å²) in [7, 11) is 1.44. The van der Waals surface area contributed by atoms with Gasteiger partial charge in [0.15, 0.2) is 11.6 Å². The van der Waals surface area contributed by atoms with Gasteiger partial charge in [0, 0.05) is 25.0 Å². The summed E-state index contributed by atoms with van der Waals surface area (Å²) in [4.78, 5) is 30.5. The number of ether oxygens (including phenoxy) is 1. The Balaban J connectivity index is 1.78. The van der Waals surface area contributed by atoms with Crippen LogP contribution < -0.4 is 15.1 Å². The van der Waals surface area contributed by atoms with Gasteiger partial charge in [-0.05, 0) is 30.5 Å². The lowest BCUT2D eigenvalue weighted by Crippen LogP contribution is -2.22. The second-order valence-electron chi connectivity index (χ2n) is 7.42. The quantitative estimate of drug-likeness (QED) is 0.731. The summed E-state index contributed by atoms with van der Waals surface area (Å²) in [5.41, 5.74) is 1.50. The van der Waals surface area contributed by atoms with E-state index in [-0.39, 0.29) is 28.4 Å². The molecule has 5 rings (SSSR count). The second-order valence-corrected chi connectivity index (χ2v) is 7.42. The van der Waals surface area contributed by atoms with Crippen molar-refractivity contribution in [2.24, 2.45) is 0 Å². The fourth-order valence-corrected chi connectivity index (χ4v) is 4.08. The first kappa shape index (κ1) is 17.7. The van der Waals surface area contributed by atoms with Crippen LogP contribution in [0.1, 0.15) is 40.5 Å². The lowest BCUT2D eigenvalue weighted by atomic mass is 10.1. The Kier molecular flexibility index (Phi) is 3.84. The number of pyridine rings is 2. The summed E-state index contributed by atoms with van der Waals surface area (Å²) in [5, 5.41) is 9.44. The minimum absolute atomic E-state index is 0.0183. The minimum Gasteiger partial charge on any atom is -0.492 e. The molecule has 0 spiro atoms. The molecular formula is C21H18FN3O4. The Hall–Kier alpha value is -3.42. The van der Waals surface area contributed by atoms with Crippen molar-refractivity contribution in [3.63, 3.8) is 0 Å². The van der Waals surface area contributed by atoms with Crippen LogP contribution in [0.3, 0.4) is 0 Å². The molecule has 0 unspecified atom stereocenters. The molecule has 1 aliphatic carbocycles. The van der Waals surface area contributed by atoms with Crippen LogP contribution in [0.15, 0.2) is 35.4 Å². The van der Waals surface area contributed by atoms with Crippen LogP contribution in [0.25, 0.3) is 10.9 Å². The molecular weight excluding hydrogens is 377 g/mol. The largest absolute Gasteiger partial charge is 0.492 e. The van der Waals surface area contributed by atoms with Gasteiger partial charge >= 0.3 is 5.97 Å². The maximum absolute atomic E-state index is 15.3. The number of carboxylic acids is 1. The van der Waals surface area contributed by atoms with E-state index in [1.54, 1.807) is 10.8 Å². The predicted octanol–water partition coefficient (Wildman–Crippen LogP) is 3.10. The van der Waals surface area contributed by atoms with Crippen LogP contribution in [-0.2, 0) is 13.1 Å². The number of hydrogen-bond donors (Lipinski definition) is 1. The van der Waals surface area contributed by atoms with Gasteiger partial charge in [-0.25, -0.2) is 9.18 Å². The zero-order chi connectivity index (χ0) is 20.3. The summed E-state index contributed by atoms with van der Waals surface area (Å²) in [6.07, 6.45) is 4.79. The number of methoxy groups -OCH3 is 1. The number of carboxylic acid groups (broad SMARTS) is 1. The van der Waals surface area contributed by atoms with Crippen LogP contribution in [0.4, 0.5) is 10.1 Å². The fraction of sp³-hybridized carbons (Fsp3) is 0.286. The molecule has 1 fully saturated rings. The standard InChI is InChI=1S/C21H18FN3O4/c1-29-20-17-13(19(26)14(21(27)28)9-25(17)12-4-5-12)7-15(22)18(20)24-8-11-3-2-6-23-16(11)10-24/h2-3,6-7,9,12H,4-5,8,10H2,1H3,(H,27,28). The number of aromatic nitrogens is 2. The molecule has 8 heteroatoms. The van der Waals surface area contributed by atoms with Crippen LogP contribution in [0.5, 0.6) is 5.75 Å². The SMILES string of the molecule is COc1c(N2Cc3cccnc3C2)c(F)cc2c(=O)c(C(=O)O)cn(C3CC3)c12. The van der Waals surface area contributed by atoms with Crippen LogP contribution >= 0.6 is 0 Å². The van der Waals surface area contributed by atoms with Gasteiger partial charge in [0.05, 0.1) is 30.3 Å². The van der Waals surface area contributed by atoms with Gasteiger partial charge in [0.1, 0.15) is 11.3 Å². The van der Waals surface area contributed by atoms with Crippen molar-refractivity contribution in [3.8, 4) is 5.75 Å². The number of aromatic carboxylic acids is 1. The number of rotatable bonds is 4. The van der Waals surface area contributed by atoms with Gasteiger partial charge in [-0.2, -0.15) is 0 Å². The van der Waals surface area contributed by atoms with E-state index in [9.17, 15) is 14.7 Å². The molecule has 0 amide bonds. The molecule has 2 aromatic heterocycles. The third-order valence-corrected chi connectivity index (χ3v) is 5.58. The van der Waals surface area contributed by atoms with Gasteiger partial charge in [-0.3, -0.25) is 9.78 Å². The normalized spacial score (nSPS) is 15.6. The molecule has 0 saturated heterocycles. The van der Waals surface area contributed by atoms with E-state index in [2.05, 4.69) is 4.98 Å². The highest BCUT2D eigenvalue weighted by molar-refractivity contribution is 5.97. The van der Waals surface area contributed by atoms with Crippen molar-refractivity contribution in [1.29, 1.82) is 0 Å². The molecule has 2 aliphatic rings. The van der Waals surface area contributed by atoms with Crippen molar-refractivity contribution in [3.05, 3.63) is 63.5 Å². The Labute approximate surface area is 165 Å². The van der Waals surface area contributed by atoms with Crippen molar-refractivity contribution in [1.82, 2.24) is 9.55 Å². The van der Waals surface area contributed by atoms with E-state index in [4.69, 9.17) is 4.74 Å². The molecule has 0 bridgehead atoms. The molecule has 1 aromatic carbocycles. The molecule has 3 heterocycles. The van der Waals surface area contributed by atoms with Crippen LogP contribution in [0, 0.1) is 5.82 Å². The van der Waals surface area contributed by atoms with E-state index in [0.29, 0.717) is 18.6 Å². The van der Waals surface area contributed by atoms with E-state index in [1.165, 1.54) is 13.3 Å². The topological polar surface area (TPSA) is 84.7 Å². The molecule has 1 saturated carbocycles. The minimum atomic E-state index is -1.32. The molecule has 3 aromatic rings. The lowest BCUT2D eigenvalue weighted by Gasteiger charge is -2.24. The van der Waals surface area contributed by atoms with Gasteiger partial charge < -0.3 is 19.3 Å². The van der Waals surface area contributed by atoms with Crippen molar-refractivity contribution in [2.75, 3.05) is 12.0 Å². The number of hydrogen-bond acceptors (Lipinski definition) is 5. The number of halogens is 1. The summed E-state index contributed by atoms with van der Waals surface area (Å²) < 4.78 is 22.6. The summed E-state index contributed by atoms with van der Waals surface area (Å²) in [6.45, 7) is 0.901. The van der Waals surface area contributed by atoms with Gasteiger partial charge in [0.2, 0.25) is 5.43 Å². The Morgan fingerprint density at radius 3 is 2.79 bits per heavy atom. The lowest BCUT2D eigenvalue weighted by molar-refractivity contribution is 0.0695. The van der Waals surface area contributed by atoms with Crippen molar-refractivity contribution < 1.29 is 19.0 Å². The first-order valence-electron chi connectivity index (χ1n) is 9.36. The number of carbonyl (C=O) groups is 1. The third-order valence-electron chi connectivity index (χ3n) is 5.58. The molecule has 29 heavy (non-hydrogen) atoms. The van der Waals surface area contributed by atoms with E-state index in [1.807, 2.05) is 17.0 Å². The first-order valence-corrected chi connectivity index (χ1v) is 9.36. The zero-order valence-corrected chi connectivity index (χ0v) is 15.7. The third kappa shape index (κ3) is 2.66. The molecule has 1 N–H and O–H groups in total. The summed E-state index contributed by atoms with van der Waals surface area (Å²) in [6, 6.07) is 5.00. The molecule has 0 atom stereocenters. The van der Waals surface area contributed by atoms with E-state index < -0.39 is 17.2 Å². The van der Waals surface area contributed by atoms with Gasteiger partial charge in [0.25, 0.3) is 0 Å². The van der Waals surface area contributed by atoms with Crippen LogP contribution in [0.2, 0.25) is 0 Å². The van der Waals surface area contributed by atoms with Crippen molar-refractivity contribution >= 4 is 22.6 Å². The molecule has 148 valence electrons. The van der Waals surface area contributed by atoms with Crippen LogP contribution in [-0.4, -0.2) is 27.7 Å². The molecule has 7 nitrogen and oxygen atoms in total. The Bertz CT molecular complexity index is 1210. The average molecular weight is 395 g/mol. The maximum atomic E-state index is 15.3. The second kappa shape index (κ2) is 6.30. The Morgan fingerprint density at radius 2 is 2.14 bits per heavy atom.